The zero-order valence-electron chi connectivity index (χ0n) is 12.9. The average Bonchev–Trinajstić information content (AvgIpc) is 3.00. The zero-order valence-corrected chi connectivity index (χ0v) is 13.8. The smallest absolute Gasteiger partial charge is 0.252 e. The molecule has 1 heterocycles. The van der Waals surface area contributed by atoms with Crippen LogP contribution >= 0.6 is 11.8 Å². The number of hydrogen-bond acceptors (Lipinski definition) is 4. The van der Waals surface area contributed by atoms with Gasteiger partial charge in [0.25, 0.3) is 5.91 Å². The van der Waals surface area contributed by atoms with Crippen LogP contribution in [0.25, 0.3) is 0 Å². The number of anilines is 1. The lowest BCUT2D eigenvalue weighted by Crippen LogP contribution is -2.38. The second kappa shape index (κ2) is 7.69. The Hall–Kier alpha value is -1.23. The first-order valence-corrected chi connectivity index (χ1v) is 8.95. The standard InChI is InChI=1S/C16H25N3OS/c1-3-10-17-14-7-6-13(11-18-14)15(20)19-12-16(21-2)8-4-5-9-16/h6-7,11H,3-5,8-10,12H2,1-2H3,(H,17,18)(H,19,20). The van der Waals surface area contributed by atoms with E-state index >= 15 is 0 Å². The third-order valence-corrected chi connectivity index (χ3v) is 5.52. The molecule has 0 aliphatic heterocycles. The van der Waals surface area contributed by atoms with Gasteiger partial charge in [-0.1, -0.05) is 19.8 Å². The Kier molecular flexibility index (Phi) is 5.91. The molecule has 21 heavy (non-hydrogen) atoms. The number of rotatable bonds is 7. The summed E-state index contributed by atoms with van der Waals surface area (Å²) in [6.07, 6.45) is 9.80. The van der Waals surface area contributed by atoms with Gasteiger partial charge in [-0.15, -0.1) is 0 Å². The molecule has 1 aliphatic rings. The van der Waals surface area contributed by atoms with Crippen molar-refractivity contribution in [3.63, 3.8) is 0 Å². The number of carbonyl (C=O) groups is 1. The molecule has 1 saturated carbocycles. The van der Waals surface area contributed by atoms with Crippen LogP contribution in [0.1, 0.15) is 49.4 Å². The molecule has 116 valence electrons. The molecule has 0 aromatic carbocycles. The maximum absolute atomic E-state index is 12.2. The first-order valence-electron chi connectivity index (χ1n) is 7.72. The summed E-state index contributed by atoms with van der Waals surface area (Å²) in [5.74, 6) is 0.801. The fourth-order valence-electron chi connectivity index (χ4n) is 2.70. The van der Waals surface area contributed by atoms with E-state index in [-0.39, 0.29) is 10.7 Å². The summed E-state index contributed by atoms with van der Waals surface area (Å²) < 4.78 is 0.242. The van der Waals surface area contributed by atoms with Crippen LogP contribution in [0.2, 0.25) is 0 Å². The minimum atomic E-state index is -0.0233. The van der Waals surface area contributed by atoms with Gasteiger partial charge in [-0.2, -0.15) is 11.8 Å². The van der Waals surface area contributed by atoms with Gasteiger partial charge >= 0.3 is 0 Å². The van der Waals surface area contributed by atoms with Crippen LogP contribution in [-0.4, -0.2) is 35.0 Å². The Labute approximate surface area is 131 Å². The lowest BCUT2D eigenvalue weighted by Gasteiger charge is -2.26. The Morgan fingerprint density at radius 2 is 2.14 bits per heavy atom. The van der Waals surface area contributed by atoms with Gasteiger partial charge in [0, 0.05) is 24.0 Å². The number of amides is 1. The molecule has 0 bridgehead atoms. The normalized spacial score (nSPS) is 16.7. The molecule has 4 nitrogen and oxygen atoms in total. The van der Waals surface area contributed by atoms with E-state index in [9.17, 15) is 4.79 Å². The highest BCUT2D eigenvalue weighted by Crippen LogP contribution is 2.39. The van der Waals surface area contributed by atoms with Crippen LogP contribution in [0.4, 0.5) is 5.82 Å². The molecule has 1 aromatic rings. The summed E-state index contributed by atoms with van der Waals surface area (Å²) in [6.45, 7) is 3.76. The van der Waals surface area contributed by atoms with E-state index in [1.165, 1.54) is 25.7 Å². The Morgan fingerprint density at radius 3 is 2.71 bits per heavy atom. The second-order valence-corrected chi connectivity index (χ2v) is 6.91. The molecule has 5 heteroatoms. The van der Waals surface area contributed by atoms with E-state index in [0.717, 1.165) is 25.3 Å². The fraction of sp³-hybridized carbons (Fsp3) is 0.625. The molecular formula is C16H25N3OS. The molecule has 1 aromatic heterocycles. The topological polar surface area (TPSA) is 54.0 Å². The minimum Gasteiger partial charge on any atom is -0.370 e. The lowest BCUT2D eigenvalue weighted by molar-refractivity contribution is 0.0949. The van der Waals surface area contributed by atoms with Gasteiger partial charge in [-0.25, -0.2) is 4.98 Å². The van der Waals surface area contributed by atoms with Crippen molar-refractivity contribution in [3.8, 4) is 0 Å². The highest BCUT2D eigenvalue weighted by molar-refractivity contribution is 8.00. The number of pyridine rings is 1. The zero-order chi connectivity index (χ0) is 15.1. The summed E-state index contributed by atoms with van der Waals surface area (Å²) in [6, 6.07) is 3.70. The first kappa shape index (κ1) is 16.1. The fourth-order valence-corrected chi connectivity index (χ4v) is 3.62. The number of thioether (sulfide) groups is 1. The average molecular weight is 307 g/mol. The van der Waals surface area contributed by atoms with Crippen LogP contribution in [0.3, 0.4) is 0 Å². The Balaban J connectivity index is 1.88. The van der Waals surface area contributed by atoms with E-state index in [4.69, 9.17) is 0 Å². The number of nitrogens with zero attached hydrogens (tertiary/aromatic N) is 1. The van der Waals surface area contributed by atoms with Gasteiger partial charge in [0.15, 0.2) is 0 Å². The van der Waals surface area contributed by atoms with Crippen LogP contribution < -0.4 is 10.6 Å². The summed E-state index contributed by atoms with van der Waals surface area (Å²) in [4.78, 5) is 16.5. The van der Waals surface area contributed by atoms with Crippen LogP contribution in [-0.2, 0) is 0 Å². The van der Waals surface area contributed by atoms with E-state index in [1.54, 1.807) is 6.20 Å². The van der Waals surface area contributed by atoms with Gasteiger partial charge in [-0.3, -0.25) is 4.79 Å². The summed E-state index contributed by atoms with van der Waals surface area (Å²) in [5.41, 5.74) is 0.631. The van der Waals surface area contributed by atoms with E-state index in [0.29, 0.717) is 5.56 Å². The maximum atomic E-state index is 12.2. The Bertz CT molecular complexity index is 455. The van der Waals surface area contributed by atoms with Gasteiger partial charge in [0.05, 0.1) is 5.56 Å². The number of carbonyl (C=O) groups excluding carboxylic acids is 1. The SMILES string of the molecule is CCCNc1ccc(C(=O)NCC2(SC)CCCC2)cn1. The molecule has 1 aliphatic carbocycles. The van der Waals surface area contributed by atoms with E-state index < -0.39 is 0 Å². The summed E-state index contributed by atoms with van der Waals surface area (Å²) in [5, 5.41) is 6.28. The van der Waals surface area contributed by atoms with Crippen LogP contribution in [0.5, 0.6) is 0 Å². The van der Waals surface area contributed by atoms with Crippen LogP contribution in [0, 0.1) is 0 Å². The predicted molar refractivity (Wildman–Crippen MR) is 90.1 cm³/mol. The summed E-state index contributed by atoms with van der Waals surface area (Å²) >= 11 is 1.89. The molecule has 1 amide bonds. The molecule has 0 unspecified atom stereocenters. The molecule has 0 spiro atoms. The molecule has 2 rings (SSSR count). The first-order chi connectivity index (χ1) is 10.2. The highest BCUT2D eigenvalue weighted by atomic mass is 32.2. The predicted octanol–water partition coefficient (Wildman–Crippen LogP) is 3.31. The summed E-state index contributed by atoms with van der Waals surface area (Å²) in [7, 11) is 0. The third-order valence-electron chi connectivity index (χ3n) is 4.10. The lowest BCUT2D eigenvalue weighted by atomic mass is 10.1. The van der Waals surface area contributed by atoms with Gasteiger partial charge in [0.1, 0.15) is 5.82 Å². The van der Waals surface area contributed by atoms with E-state index in [2.05, 4.69) is 28.8 Å². The van der Waals surface area contributed by atoms with Gasteiger partial charge < -0.3 is 10.6 Å². The minimum absolute atomic E-state index is 0.0233. The molecule has 2 N–H and O–H groups in total. The highest BCUT2D eigenvalue weighted by Gasteiger charge is 2.33. The molecular weight excluding hydrogens is 282 g/mol. The number of nitrogens with one attached hydrogen (secondary N) is 2. The third kappa shape index (κ3) is 4.37. The van der Waals surface area contributed by atoms with Crippen molar-refractivity contribution < 1.29 is 4.79 Å². The van der Waals surface area contributed by atoms with E-state index in [1.807, 2.05) is 23.9 Å². The monoisotopic (exact) mass is 307 g/mol. The Morgan fingerprint density at radius 1 is 1.38 bits per heavy atom. The molecule has 0 atom stereocenters. The van der Waals surface area contributed by atoms with Crippen molar-refractivity contribution in [1.82, 2.24) is 10.3 Å². The number of aromatic nitrogens is 1. The van der Waals surface area contributed by atoms with Crippen molar-refractivity contribution >= 4 is 23.5 Å². The van der Waals surface area contributed by atoms with Gasteiger partial charge in [-0.05, 0) is 37.7 Å². The van der Waals surface area contributed by atoms with Gasteiger partial charge in [0.2, 0.25) is 0 Å². The second-order valence-electron chi connectivity index (χ2n) is 5.64. The van der Waals surface area contributed by atoms with Crippen molar-refractivity contribution in [1.29, 1.82) is 0 Å². The van der Waals surface area contributed by atoms with Crippen molar-refractivity contribution in [2.75, 3.05) is 24.7 Å². The molecule has 1 fully saturated rings. The van der Waals surface area contributed by atoms with Crippen molar-refractivity contribution in [2.24, 2.45) is 0 Å². The molecule has 0 saturated heterocycles. The quantitative estimate of drug-likeness (QED) is 0.811. The van der Waals surface area contributed by atoms with Crippen LogP contribution in [0.15, 0.2) is 18.3 Å². The maximum Gasteiger partial charge on any atom is 0.252 e. The van der Waals surface area contributed by atoms with Crippen molar-refractivity contribution in [2.45, 2.75) is 43.8 Å². The van der Waals surface area contributed by atoms with Crippen molar-refractivity contribution in [3.05, 3.63) is 23.9 Å². The number of hydrogen-bond donors (Lipinski definition) is 2. The largest absolute Gasteiger partial charge is 0.370 e. The molecule has 0 radical (unpaired) electrons.